The van der Waals surface area contributed by atoms with E-state index in [0.29, 0.717) is 0 Å². The Morgan fingerprint density at radius 2 is 0.767 bits per heavy atom. The lowest BCUT2D eigenvalue weighted by molar-refractivity contribution is 0.356. The maximum Gasteiger partial charge on any atom is 0.134 e. The van der Waals surface area contributed by atoms with Gasteiger partial charge in [-0.25, -0.2) is 0 Å². The van der Waals surface area contributed by atoms with Crippen molar-refractivity contribution in [1.82, 2.24) is 0 Å². The number of rotatable bonds is 0. The lowest BCUT2D eigenvalue weighted by Crippen LogP contribution is -2.10. The van der Waals surface area contributed by atoms with Crippen molar-refractivity contribution in [2.45, 2.75) is 173 Å². The van der Waals surface area contributed by atoms with Crippen LogP contribution < -0.4 is 9.47 Å². The minimum Gasteiger partial charge on any atom is -0.493 e. The Morgan fingerprint density at radius 1 is 0.350 bits per heavy atom. The molecule has 4 aromatic carbocycles. The molecular weight excluding hydrogens is 737 g/mol. The van der Waals surface area contributed by atoms with Crippen LogP contribution in [0.1, 0.15) is 172 Å². The summed E-state index contributed by atoms with van der Waals surface area (Å²) in [5.74, 6) is 2.17. The summed E-state index contributed by atoms with van der Waals surface area (Å²) in [6, 6.07) is 29.9. The predicted molar refractivity (Wildman–Crippen MR) is 264 cm³/mol. The number of fused-ring (bicyclic) bond motifs is 4. The van der Waals surface area contributed by atoms with Gasteiger partial charge in [-0.1, -0.05) is 181 Å². The summed E-state index contributed by atoms with van der Waals surface area (Å²) < 4.78 is 21.6. The maximum absolute atomic E-state index is 5.53. The van der Waals surface area contributed by atoms with Crippen molar-refractivity contribution in [3.05, 3.63) is 131 Å². The summed E-state index contributed by atoms with van der Waals surface area (Å²) in [5, 5.41) is 2.36. The van der Waals surface area contributed by atoms with Gasteiger partial charge in [-0.2, -0.15) is 0 Å². The second-order valence-electron chi connectivity index (χ2n) is 18.2. The molecule has 4 heteroatoms. The van der Waals surface area contributed by atoms with E-state index >= 15 is 0 Å². The van der Waals surface area contributed by atoms with Crippen molar-refractivity contribution in [1.29, 1.82) is 0 Å². The van der Waals surface area contributed by atoms with Crippen LogP contribution in [-0.2, 0) is 34.5 Å². The monoisotopic (exact) mass is 821 g/mol. The zero-order chi connectivity index (χ0) is 45.9. The normalized spacial score (nSPS) is 12.3. The molecule has 2 aromatic heterocycles. The molecule has 2 aliphatic heterocycles. The second-order valence-corrected chi connectivity index (χ2v) is 18.2. The van der Waals surface area contributed by atoms with Gasteiger partial charge in [0.05, 0.1) is 25.7 Å². The minimum atomic E-state index is 0.195. The molecule has 332 valence electrons. The van der Waals surface area contributed by atoms with Crippen LogP contribution in [0.3, 0.4) is 0 Å². The van der Waals surface area contributed by atoms with Crippen LogP contribution in [0.15, 0.2) is 106 Å². The summed E-state index contributed by atoms with van der Waals surface area (Å²) in [5.41, 5.74) is 11.0. The van der Waals surface area contributed by atoms with Crippen LogP contribution in [0.5, 0.6) is 11.5 Å². The Hall–Kier alpha value is -4.44. The van der Waals surface area contributed by atoms with Crippen molar-refractivity contribution in [2.75, 3.05) is 13.2 Å². The lowest BCUT2D eigenvalue weighted by atomic mass is 9.86. The number of benzene rings is 4. The zero-order valence-corrected chi connectivity index (χ0v) is 41.7. The van der Waals surface area contributed by atoms with Crippen LogP contribution in [0.4, 0.5) is 0 Å². The molecule has 0 N–H and O–H groups in total. The topological polar surface area (TPSA) is 44.7 Å². The molecule has 4 nitrogen and oxygen atoms in total. The van der Waals surface area contributed by atoms with E-state index in [-0.39, 0.29) is 21.7 Å². The SMILES string of the molecule is CC.CC.CC.CC.CC(C)(C)c1ccc2c(c1)CCO2.CC(C)(C)c1ccc2c(c1)OCC2.CC(C)(C)c1ccc2ccoc2c1.CC(C)(C)c1ccc2occc2c1. The fourth-order valence-corrected chi connectivity index (χ4v) is 6.14. The molecule has 60 heavy (non-hydrogen) atoms. The molecule has 0 bridgehead atoms. The molecule has 0 unspecified atom stereocenters. The molecule has 4 heterocycles. The second kappa shape index (κ2) is 24.7. The molecule has 0 saturated carbocycles. The molecule has 0 radical (unpaired) electrons. The van der Waals surface area contributed by atoms with E-state index in [0.717, 1.165) is 48.7 Å². The lowest BCUT2D eigenvalue weighted by Gasteiger charge is -2.19. The molecule has 0 spiro atoms. The van der Waals surface area contributed by atoms with E-state index in [9.17, 15) is 0 Å². The molecule has 0 fully saturated rings. The van der Waals surface area contributed by atoms with Gasteiger partial charge in [-0.3, -0.25) is 0 Å². The van der Waals surface area contributed by atoms with Gasteiger partial charge in [0, 0.05) is 23.6 Å². The number of furan rings is 2. The van der Waals surface area contributed by atoms with Crippen LogP contribution in [0.25, 0.3) is 21.9 Å². The first-order valence-electron chi connectivity index (χ1n) is 22.8. The summed E-state index contributed by atoms with van der Waals surface area (Å²) in [4.78, 5) is 0. The Bertz CT molecular complexity index is 1930. The van der Waals surface area contributed by atoms with E-state index in [2.05, 4.69) is 150 Å². The molecule has 0 atom stereocenters. The Balaban J connectivity index is 0.000000378. The van der Waals surface area contributed by atoms with E-state index < -0.39 is 0 Å². The van der Waals surface area contributed by atoms with Gasteiger partial charge in [-0.15, -0.1) is 0 Å². The number of hydrogen-bond acceptors (Lipinski definition) is 4. The average Bonchev–Trinajstić information content (AvgIpc) is 4.07. The smallest absolute Gasteiger partial charge is 0.134 e. The Labute approximate surface area is 367 Å². The highest BCUT2D eigenvalue weighted by atomic mass is 16.5. The van der Waals surface area contributed by atoms with Gasteiger partial charge in [0.1, 0.15) is 22.7 Å². The highest BCUT2D eigenvalue weighted by molar-refractivity contribution is 5.78. The number of hydrogen-bond donors (Lipinski definition) is 0. The summed E-state index contributed by atoms with van der Waals surface area (Å²) >= 11 is 0. The Morgan fingerprint density at radius 3 is 1.33 bits per heavy atom. The van der Waals surface area contributed by atoms with Gasteiger partial charge in [-0.05, 0) is 97.5 Å². The molecular formula is C56H84O4. The quantitative estimate of drug-likeness (QED) is 0.153. The standard InChI is InChI=1S/C12H16O.C12H14O.C12H16O.C12H14O.4C2H6/c2*1-12(2,3)10-4-5-11-9(8-10)6-7-13-11;2*1-12(2,3)10-5-4-9-6-7-13-11(9)8-10;4*1-2/h4-5,8H,6-7H2,1-3H3;4-8H,1-3H3;4-5,8H,6-7H2,1-3H3;4-8H,1-3H3;4*1-2H3. The fraction of sp³-hybridized carbons (Fsp3) is 0.500. The summed E-state index contributed by atoms with van der Waals surface area (Å²) in [6.45, 7) is 44.4. The van der Waals surface area contributed by atoms with Gasteiger partial charge >= 0.3 is 0 Å². The van der Waals surface area contributed by atoms with Crippen molar-refractivity contribution >= 4 is 21.9 Å². The van der Waals surface area contributed by atoms with E-state index in [1.54, 1.807) is 12.5 Å². The predicted octanol–water partition coefficient (Wildman–Crippen LogP) is 17.4. The largest absolute Gasteiger partial charge is 0.493 e. The van der Waals surface area contributed by atoms with E-state index in [1.165, 1.54) is 44.2 Å². The summed E-state index contributed by atoms with van der Waals surface area (Å²) in [7, 11) is 0. The first-order chi connectivity index (χ1) is 28.3. The molecule has 6 aromatic rings. The first-order valence-corrected chi connectivity index (χ1v) is 22.8. The van der Waals surface area contributed by atoms with Crippen LogP contribution in [-0.4, -0.2) is 13.2 Å². The Kier molecular flexibility index (Phi) is 22.1. The highest BCUT2D eigenvalue weighted by Crippen LogP contribution is 2.33. The average molecular weight is 821 g/mol. The third kappa shape index (κ3) is 16.2. The van der Waals surface area contributed by atoms with Gasteiger partial charge in [0.2, 0.25) is 0 Å². The molecule has 0 aliphatic carbocycles. The minimum absolute atomic E-state index is 0.195. The molecule has 2 aliphatic rings. The van der Waals surface area contributed by atoms with Crippen molar-refractivity contribution < 1.29 is 18.3 Å². The van der Waals surface area contributed by atoms with Crippen molar-refractivity contribution in [2.24, 2.45) is 0 Å². The van der Waals surface area contributed by atoms with Crippen molar-refractivity contribution in [3.63, 3.8) is 0 Å². The molecule has 0 saturated heterocycles. The van der Waals surface area contributed by atoms with Gasteiger partial charge < -0.3 is 18.3 Å². The van der Waals surface area contributed by atoms with Gasteiger partial charge in [0.25, 0.3) is 0 Å². The third-order valence-corrected chi connectivity index (χ3v) is 9.76. The van der Waals surface area contributed by atoms with Crippen LogP contribution in [0, 0.1) is 0 Å². The van der Waals surface area contributed by atoms with E-state index in [4.69, 9.17) is 18.3 Å². The maximum atomic E-state index is 5.53. The summed E-state index contributed by atoms with van der Waals surface area (Å²) in [6.07, 6.45) is 5.60. The zero-order valence-electron chi connectivity index (χ0n) is 41.7. The first kappa shape index (κ1) is 53.6. The van der Waals surface area contributed by atoms with Crippen LogP contribution in [0.2, 0.25) is 0 Å². The van der Waals surface area contributed by atoms with Crippen LogP contribution >= 0.6 is 0 Å². The third-order valence-electron chi connectivity index (χ3n) is 9.76. The molecule has 0 amide bonds. The van der Waals surface area contributed by atoms with E-state index in [1.807, 2.05) is 73.6 Å². The molecule has 8 rings (SSSR count). The highest BCUT2D eigenvalue weighted by Gasteiger charge is 2.20. The number of ether oxygens (including phenoxy) is 2. The fourth-order valence-electron chi connectivity index (χ4n) is 6.14. The van der Waals surface area contributed by atoms with Crippen molar-refractivity contribution in [3.8, 4) is 11.5 Å². The van der Waals surface area contributed by atoms with Gasteiger partial charge in [0.15, 0.2) is 0 Å².